The molecule has 5 nitrogen and oxygen atoms in total. The van der Waals surface area contributed by atoms with Gasteiger partial charge in [-0.3, -0.25) is 10.5 Å². The lowest BCUT2D eigenvalue weighted by Gasteiger charge is -2.11. The van der Waals surface area contributed by atoms with E-state index in [1.165, 1.54) is 0 Å². The fourth-order valence-electron chi connectivity index (χ4n) is 2.40. The molecule has 0 aliphatic heterocycles. The SMILES string of the molecule is Cc1nn(C)cc1C(NN)c1cc2cc(Cl)ccc2o1. The van der Waals surface area contributed by atoms with Gasteiger partial charge in [-0.2, -0.15) is 5.10 Å². The van der Waals surface area contributed by atoms with Gasteiger partial charge in [-0.15, -0.1) is 0 Å². The van der Waals surface area contributed by atoms with Crippen molar-refractivity contribution >= 4 is 22.6 Å². The maximum Gasteiger partial charge on any atom is 0.134 e. The van der Waals surface area contributed by atoms with Crippen LogP contribution in [0, 0.1) is 6.92 Å². The Morgan fingerprint density at radius 1 is 1.40 bits per heavy atom. The van der Waals surface area contributed by atoms with Gasteiger partial charge >= 0.3 is 0 Å². The molecule has 0 saturated carbocycles. The van der Waals surface area contributed by atoms with Crippen LogP contribution in [0.2, 0.25) is 5.02 Å². The molecule has 0 fully saturated rings. The predicted molar refractivity (Wildman–Crippen MR) is 78.3 cm³/mol. The highest BCUT2D eigenvalue weighted by Crippen LogP contribution is 2.30. The Balaban J connectivity index is 2.09. The van der Waals surface area contributed by atoms with Gasteiger partial charge in [0.25, 0.3) is 0 Å². The molecule has 3 aromatic rings. The lowest BCUT2D eigenvalue weighted by molar-refractivity contribution is 0.476. The van der Waals surface area contributed by atoms with Crippen molar-refractivity contribution in [3.63, 3.8) is 0 Å². The first kappa shape index (κ1) is 13.2. The van der Waals surface area contributed by atoms with E-state index in [2.05, 4.69) is 10.5 Å². The highest BCUT2D eigenvalue weighted by Gasteiger charge is 2.21. The van der Waals surface area contributed by atoms with Crippen LogP contribution in [0.3, 0.4) is 0 Å². The molecule has 6 heteroatoms. The third-order valence-electron chi connectivity index (χ3n) is 3.31. The number of fused-ring (bicyclic) bond motifs is 1. The monoisotopic (exact) mass is 290 g/mol. The van der Waals surface area contributed by atoms with Gasteiger partial charge in [-0.1, -0.05) is 11.6 Å². The van der Waals surface area contributed by atoms with Gasteiger partial charge in [0.05, 0.1) is 5.69 Å². The Hall–Kier alpha value is -1.82. The van der Waals surface area contributed by atoms with E-state index < -0.39 is 0 Å². The van der Waals surface area contributed by atoms with Crippen LogP contribution >= 0.6 is 11.6 Å². The quantitative estimate of drug-likeness (QED) is 0.575. The van der Waals surface area contributed by atoms with Crippen molar-refractivity contribution in [2.75, 3.05) is 0 Å². The molecule has 0 amide bonds. The van der Waals surface area contributed by atoms with E-state index >= 15 is 0 Å². The van der Waals surface area contributed by atoms with Crippen molar-refractivity contribution in [3.8, 4) is 0 Å². The van der Waals surface area contributed by atoms with Crippen molar-refractivity contribution < 1.29 is 4.42 Å². The molecule has 3 rings (SSSR count). The van der Waals surface area contributed by atoms with Crippen molar-refractivity contribution in [1.82, 2.24) is 15.2 Å². The number of halogens is 1. The van der Waals surface area contributed by atoms with Crippen LogP contribution < -0.4 is 11.3 Å². The zero-order valence-corrected chi connectivity index (χ0v) is 12.0. The number of nitrogens with zero attached hydrogens (tertiary/aromatic N) is 2. The first-order valence-corrected chi connectivity index (χ1v) is 6.61. The van der Waals surface area contributed by atoms with Crippen molar-refractivity contribution in [2.24, 2.45) is 12.9 Å². The first-order valence-electron chi connectivity index (χ1n) is 6.24. The van der Waals surface area contributed by atoms with Gasteiger partial charge in [-0.05, 0) is 31.2 Å². The number of benzene rings is 1. The van der Waals surface area contributed by atoms with Gasteiger partial charge in [0.2, 0.25) is 0 Å². The topological polar surface area (TPSA) is 69.0 Å². The number of hydrazine groups is 1. The third kappa shape index (κ3) is 2.20. The van der Waals surface area contributed by atoms with Gasteiger partial charge in [0.15, 0.2) is 0 Å². The molecule has 0 saturated heterocycles. The highest BCUT2D eigenvalue weighted by molar-refractivity contribution is 6.31. The van der Waals surface area contributed by atoms with Crippen LogP contribution in [0.4, 0.5) is 0 Å². The number of hydrogen-bond acceptors (Lipinski definition) is 4. The number of aromatic nitrogens is 2. The second-order valence-corrected chi connectivity index (χ2v) is 5.21. The van der Waals surface area contributed by atoms with Crippen LogP contribution in [0.25, 0.3) is 11.0 Å². The smallest absolute Gasteiger partial charge is 0.134 e. The van der Waals surface area contributed by atoms with Gasteiger partial charge < -0.3 is 4.42 Å². The first-order chi connectivity index (χ1) is 9.58. The number of nitrogens with one attached hydrogen (secondary N) is 1. The molecule has 0 spiro atoms. The van der Waals surface area contributed by atoms with E-state index in [9.17, 15) is 0 Å². The van der Waals surface area contributed by atoms with E-state index in [0.717, 1.165) is 28.0 Å². The Morgan fingerprint density at radius 3 is 2.85 bits per heavy atom. The maximum atomic E-state index is 5.99. The van der Waals surface area contributed by atoms with E-state index in [0.29, 0.717) is 5.02 Å². The number of rotatable bonds is 3. The molecule has 104 valence electrons. The molecular formula is C14H15ClN4O. The molecular weight excluding hydrogens is 276 g/mol. The van der Waals surface area contributed by atoms with Crippen LogP contribution in [-0.2, 0) is 7.05 Å². The maximum absolute atomic E-state index is 5.99. The summed E-state index contributed by atoms with van der Waals surface area (Å²) in [5.41, 5.74) is 5.47. The largest absolute Gasteiger partial charge is 0.459 e. The van der Waals surface area contributed by atoms with Crippen LogP contribution in [0.15, 0.2) is 34.9 Å². The summed E-state index contributed by atoms with van der Waals surface area (Å²) in [6.07, 6.45) is 1.93. The molecule has 3 N–H and O–H groups in total. The number of nitrogens with two attached hydrogens (primary N) is 1. The molecule has 1 atom stereocenters. The van der Waals surface area contributed by atoms with Crippen LogP contribution in [0.5, 0.6) is 0 Å². The Kier molecular flexibility index (Phi) is 3.25. The van der Waals surface area contributed by atoms with Crippen LogP contribution in [-0.4, -0.2) is 9.78 Å². The standard InChI is InChI=1S/C14H15ClN4O/c1-8-11(7-19(2)18-8)14(17-16)13-6-9-5-10(15)3-4-12(9)20-13/h3-7,14,17H,16H2,1-2H3. The average Bonchev–Trinajstić information content (AvgIpc) is 2.94. The molecule has 1 unspecified atom stereocenters. The van der Waals surface area contributed by atoms with Crippen molar-refractivity contribution in [1.29, 1.82) is 0 Å². The van der Waals surface area contributed by atoms with E-state index in [1.54, 1.807) is 10.7 Å². The summed E-state index contributed by atoms with van der Waals surface area (Å²) >= 11 is 5.99. The van der Waals surface area contributed by atoms with Gasteiger partial charge in [0, 0.05) is 29.2 Å². The Labute approximate surface area is 121 Å². The van der Waals surface area contributed by atoms with Gasteiger partial charge in [-0.25, -0.2) is 5.43 Å². The minimum Gasteiger partial charge on any atom is -0.459 e. The third-order valence-corrected chi connectivity index (χ3v) is 3.55. The lowest BCUT2D eigenvalue weighted by Crippen LogP contribution is -2.28. The van der Waals surface area contributed by atoms with Crippen LogP contribution in [0.1, 0.15) is 23.1 Å². The second kappa shape index (κ2) is 4.94. The molecule has 2 aromatic heterocycles. The van der Waals surface area contributed by atoms with Crippen molar-refractivity contribution in [3.05, 3.63) is 52.5 Å². The van der Waals surface area contributed by atoms with E-state index in [1.807, 2.05) is 38.4 Å². The summed E-state index contributed by atoms with van der Waals surface area (Å²) in [5.74, 6) is 6.43. The summed E-state index contributed by atoms with van der Waals surface area (Å²) in [4.78, 5) is 0. The Morgan fingerprint density at radius 2 is 2.20 bits per heavy atom. The molecule has 0 aliphatic carbocycles. The number of aryl methyl sites for hydroxylation is 2. The molecule has 0 radical (unpaired) electrons. The molecule has 2 heterocycles. The normalized spacial score (nSPS) is 13.0. The predicted octanol–water partition coefficient (Wildman–Crippen LogP) is 2.68. The van der Waals surface area contributed by atoms with E-state index in [4.69, 9.17) is 21.9 Å². The molecule has 20 heavy (non-hydrogen) atoms. The average molecular weight is 291 g/mol. The van der Waals surface area contributed by atoms with Crippen molar-refractivity contribution in [2.45, 2.75) is 13.0 Å². The summed E-state index contributed by atoms with van der Waals surface area (Å²) in [7, 11) is 1.88. The van der Waals surface area contributed by atoms with E-state index in [-0.39, 0.29) is 6.04 Å². The lowest BCUT2D eigenvalue weighted by atomic mass is 10.1. The summed E-state index contributed by atoms with van der Waals surface area (Å²) in [6, 6.07) is 7.23. The Bertz CT molecular complexity index is 762. The fourth-order valence-corrected chi connectivity index (χ4v) is 2.58. The number of furan rings is 1. The number of hydrogen-bond donors (Lipinski definition) is 2. The molecule has 1 aromatic carbocycles. The van der Waals surface area contributed by atoms with Gasteiger partial charge in [0.1, 0.15) is 17.4 Å². The summed E-state index contributed by atoms with van der Waals surface area (Å²) in [6.45, 7) is 1.94. The minimum atomic E-state index is -0.241. The summed E-state index contributed by atoms with van der Waals surface area (Å²) < 4.78 is 7.62. The second-order valence-electron chi connectivity index (χ2n) is 4.77. The zero-order valence-electron chi connectivity index (χ0n) is 11.2. The zero-order chi connectivity index (χ0) is 14.3. The summed E-state index contributed by atoms with van der Waals surface area (Å²) in [5, 5.41) is 5.97. The molecule has 0 aliphatic rings. The molecule has 0 bridgehead atoms. The highest BCUT2D eigenvalue weighted by atomic mass is 35.5. The minimum absolute atomic E-state index is 0.241. The fraction of sp³-hybridized carbons (Fsp3) is 0.214.